The van der Waals surface area contributed by atoms with E-state index in [2.05, 4.69) is 4.99 Å². The summed E-state index contributed by atoms with van der Waals surface area (Å²) in [6.07, 6.45) is 1.70. The fourth-order valence-corrected chi connectivity index (χ4v) is 2.80. The van der Waals surface area contributed by atoms with Gasteiger partial charge in [0.1, 0.15) is 5.82 Å². The quantitative estimate of drug-likeness (QED) is 0.397. The number of rotatable bonds is 4. The van der Waals surface area contributed by atoms with Crippen molar-refractivity contribution in [2.45, 2.75) is 0 Å². The van der Waals surface area contributed by atoms with Crippen LogP contribution in [-0.4, -0.2) is 16.0 Å². The maximum absolute atomic E-state index is 13.1. The molecule has 0 spiro atoms. The molecule has 0 aliphatic carbocycles. The van der Waals surface area contributed by atoms with Crippen molar-refractivity contribution < 1.29 is 4.39 Å². The summed E-state index contributed by atoms with van der Waals surface area (Å²) in [6, 6.07) is 25.4. The van der Waals surface area contributed by atoms with Crippen molar-refractivity contribution in [1.82, 2.24) is 9.78 Å². The van der Waals surface area contributed by atoms with E-state index in [1.54, 1.807) is 23.0 Å². The van der Waals surface area contributed by atoms with E-state index in [1.165, 1.54) is 12.1 Å². The van der Waals surface area contributed by atoms with Gasteiger partial charge in [0.2, 0.25) is 0 Å². The maximum atomic E-state index is 13.1. The third-order valence-corrected chi connectivity index (χ3v) is 4.30. The molecule has 0 saturated heterocycles. The van der Waals surface area contributed by atoms with E-state index in [0.717, 1.165) is 22.5 Å². The summed E-state index contributed by atoms with van der Waals surface area (Å²) in [5.41, 5.74) is 3.46. The van der Waals surface area contributed by atoms with Gasteiger partial charge in [-0.15, -0.1) is 0 Å². The van der Waals surface area contributed by atoms with Gasteiger partial charge in [0.25, 0.3) is 0 Å². The maximum Gasteiger partial charge on any atom is 0.156 e. The zero-order chi connectivity index (χ0) is 18.6. The normalized spacial score (nSPS) is 11.2. The number of para-hydroxylation sites is 1. The Morgan fingerprint density at radius 1 is 0.889 bits per heavy atom. The Morgan fingerprint density at radius 3 is 2.30 bits per heavy atom. The molecule has 1 heterocycles. The third-order valence-electron chi connectivity index (χ3n) is 4.05. The van der Waals surface area contributed by atoms with Gasteiger partial charge in [-0.2, -0.15) is 5.10 Å². The van der Waals surface area contributed by atoms with E-state index < -0.39 is 0 Å². The van der Waals surface area contributed by atoms with Crippen molar-refractivity contribution >= 4 is 23.6 Å². The Kier molecular flexibility index (Phi) is 4.81. The lowest BCUT2D eigenvalue weighted by atomic mass is 10.1. The average molecular weight is 376 g/mol. The summed E-state index contributed by atoms with van der Waals surface area (Å²) in [7, 11) is 0. The molecule has 1 aromatic heterocycles. The SMILES string of the molecule is Fc1ccc(/C=N/c2cc(-c3ccc(Cl)cc3)nn2-c2ccccc2)cc1. The highest BCUT2D eigenvalue weighted by Crippen LogP contribution is 2.27. The van der Waals surface area contributed by atoms with Crippen LogP contribution in [0.4, 0.5) is 10.2 Å². The standard InChI is InChI=1S/C22H15ClFN3/c23-18-10-8-17(9-11-18)21-14-22(25-15-16-6-12-19(24)13-7-16)27(26-21)20-4-2-1-3-5-20/h1-15H/b25-15+. The number of aliphatic imine (C=N–C) groups is 1. The second-order valence-electron chi connectivity index (χ2n) is 5.95. The van der Waals surface area contributed by atoms with E-state index in [4.69, 9.17) is 16.7 Å². The highest BCUT2D eigenvalue weighted by Gasteiger charge is 2.10. The van der Waals surface area contributed by atoms with Crippen molar-refractivity contribution in [2.75, 3.05) is 0 Å². The highest BCUT2D eigenvalue weighted by molar-refractivity contribution is 6.30. The Labute approximate surface area is 161 Å². The molecule has 5 heteroatoms. The molecule has 132 valence electrons. The van der Waals surface area contributed by atoms with E-state index in [9.17, 15) is 4.39 Å². The molecule has 27 heavy (non-hydrogen) atoms. The molecule has 0 aliphatic rings. The lowest BCUT2D eigenvalue weighted by molar-refractivity contribution is 0.628. The molecule has 4 aromatic rings. The molecule has 4 rings (SSSR count). The molecule has 0 atom stereocenters. The van der Waals surface area contributed by atoms with Crippen LogP contribution in [0.3, 0.4) is 0 Å². The molecule has 0 aliphatic heterocycles. The molecule has 0 bridgehead atoms. The Bertz CT molecular complexity index is 1070. The lowest BCUT2D eigenvalue weighted by Crippen LogP contribution is -1.96. The van der Waals surface area contributed by atoms with Crippen molar-refractivity contribution in [3.63, 3.8) is 0 Å². The van der Waals surface area contributed by atoms with Gasteiger partial charge in [-0.3, -0.25) is 0 Å². The highest BCUT2D eigenvalue weighted by atomic mass is 35.5. The summed E-state index contributed by atoms with van der Waals surface area (Å²) in [6.45, 7) is 0. The van der Waals surface area contributed by atoms with Crippen LogP contribution >= 0.6 is 11.6 Å². The van der Waals surface area contributed by atoms with E-state index in [0.29, 0.717) is 10.8 Å². The van der Waals surface area contributed by atoms with Crippen LogP contribution < -0.4 is 0 Å². The molecule has 0 radical (unpaired) electrons. The fourth-order valence-electron chi connectivity index (χ4n) is 2.67. The fraction of sp³-hybridized carbons (Fsp3) is 0. The third kappa shape index (κ3) is 3.96. The van der Waals surface area contributed by atoms with Gasteiger partial charge in [0, 0.05) is 22.9 Å². The number of nitrogens with zero attached hydrogens (tertiary/aromatic N) is 3. The van der Waals surface area contributed by atoms with Crippen molar-refractivity contribution in [3.8, 4) is 16.9 Å². The van der Waals surface area contributed by atoms with Gasteiger partial charge in [-0.1, -0.05) is 54.1 Å². The molecule has 0 N–H and O–H groups in total. The van der Waals surface area contributed by atoms with Crippen LogP contribution in [0.1, 0.15) is 5.56 Å². The molecule has 0 saturated carbocycles. The average Bonchev–Trinajstić information content (AvgIpc) is 3.13. The molecular formula is C22H15ClFN3. The second-order valence-corrected chi connectivity index (χ2v) is 6.39. The molecule has 3 nitrogen and oxygen atoms in total. The van der Waals surface area contributed by atoms with Crippen LogP contribution in [0.15, 0.2) is 89.9 Å². The number of hydrogen-bond acceptors (Lipinski definition) is 2. The molecule has 0 amide bonds. The molecule has 3 aromatic carbocycles. The van der Waals surface area contributed by atoms with Crippen LogP contribution in [0.5, 0.6) is 0 Å². The summed E-state index contributed by atoms with van der Waals surface area (Å²) in [4.78, 5) is 4.57. The van der Waals surface area contributed by atoms with E-state index in [1.807, 2.05) is 60.7 Å². The van der Waals surface area contributed by atoms with E-state index >= 15 is 0 Å². The first kappa shape index (κ1) is 17.2. The zero-order valence-electron chi connectivity index (χ0n) is 14.3. The molecule has 0 fully saturated rings. The number of aromatic nitrogens is 2. The lowest BCUT2D eigenvalue weighted by Gasteiger charge is -2.03. The Morgan fingerprint density at radius 2 is 1.59 bits per heavy atom. The number of benzene rings is 3. The second kappa shape index (κ2) is 7.56. The van der Waals surface area contributed by atoms with Gasteiger partial charge >= 0.3 is 0 Å². The Hall–Kier alpha value is -3.24. The van der Waals surface area contributed by atoms with Crippen molar-refractivity contribution in [3.05, 3.63) is 101 Å². The smallest absolute Gasteiger partial charge is 0.156 e. The Balaban J connectivity index is 1.76. The first-order valence-corrected chi connectivity index (χ1v) is 8.78. The summed E-state index contributed by atoms with van der Waals surface area (Å²) >= 11 is 5.98. The van der Waals surface area contributed by atoms with Crippen LogP contribution in [0.2, 0.25) is 5.02 Å². The largest absolute Gasteiger partial charge is 0.236 e. The van der Waals surface area contributed by atoms with Gasteiger partial charge in [0.05, 0.1) is 11.4 Å². The summed E-state index contributed by atoms with van der Waals surface area (Å²) in [5, 5.41) is 5.38. The monoisotopic (exact) mass is 375 g/mol. The van der Waals surface area contributed by atoms with Gasteiger partial charge in [-0.25, -0.2) is 14.1 Å². The van der Waals surface area contributed by atoms with Crippen LogP contribution in [0.25, 0.3) is 16.9 Å². The van der Waals surface area contributed by atoms with Crippen molar-refractivity contribution in [2.24, 2.45) is 4.99 Å². The predicted molar refractivity (Wildman–Crippen MR) is 108 cm³/mol. The first-order chi connectivity index (χ1) is 13.2. The summed E-state index contributed by atoms with van der Waals surface area (Å²) in [5.74, 6) is 0.405. The summed E-state index contributed by atoms with van der Waals surface area (Å²) < 4.78 is 14.9. The van der Waals surface area contributed by atoms with Crippen LogP contribution in [-0.2, 0) is 0 Å². The minimum atomic E-state index is -0.272. The minimum absolute atomic E-state index is 0.272. The van der Waals surface area contributed by atoms with Gasteiger partial charge in [-0.05, 0) is 42.0 Å². The number of hydrogen-bond donors (Lipinski definition) is 0. The van der Waals surface area contributed by atoms with Gasteiger partial charge < -0.3 is 0 Å². The number of halogens is 2. The first-order valence-electron chi connectivity index (χ1n) is 8.40. The minimum Gasteiger partial charge on any atom is -0.236 e. The predicted octanol–water partition coefficient (Wildman–Crippen LogP) is 6.08. The van der Waals surface area contributed by atoms with Gasteiger partial charge in [0.15, 0.2) is 5.82 Å². The van der Waals surface area contributed by atoms with Crippen molar-refractivity contribution in [1.29, 1.82) is 0 Å². The van der Waals surface area contributed by atoms with E-state index in [-0.39, 0.29) is 5.82 Å². The molecular weight excluding hydrogens is 361 g/mol. The topological polar surface area (TPSA) is 30.2 Å². The van der Waals surface area contributed by atoms with Crippen LogP contribution in [0, 0.1) is 5.82 Å². The zero-order valence-corrected chi connectivity index (χ0v) is 15.0. The molecule has 0 unspecified atom stereocenters.